The van der Waals surface area contributed by atoms with Crippen LogP contribution in [0.5, 0.6) is 11.5 Å². The molecule has 1 aromatic heterocycles. The highest BCUT2D eigenvalue weighted by Gasteiger charge is 2.03. The van der Waals surface area contributed by atoms with Crippen LogP contribution in [0, 0.1) is 0 Å². The zero-order valence-electron chi connectivity index (χ0n) is 10.3. The predicted molar refractivity (Wildman–Crippen MR) is 70.8 cm³/mol. The van der Waals surface area contributed by atoms with E-state index in [1.165, 1.54) is 0 Å². The highest BCUT2D eigenvalue weighted by atomic mass is 16.5. The molecule has 18 heavy (non-hydrogen) atoms. The van der Waals surface area contributed by atoms with Gasteiger partial charge in [0, 0.05) is 12.7 Å². The summed E-state index contributed by atoms with van der Waals surface area (Å²) in [5, 5.41) is 12.8. The standard InChI is InChI=1S/C14H16N2O2/c1-2-18-13-9-11(6-7-12(13)17)10-16-14-5-3-4-8-15-14/h3-9,17H,2,10H2,1H3,(H,15,16). The molecule has 0 aliphatic heterocycles. The summed E-state index contributed by atoms with van der Waals surface area (Å²) < 4.78 is 5.34. The van der Waals surface area contributed by atoms with E-state index in [4.69, 9.17) is 4.74 Å². The third-order valence-electron chi connectivity index (χ3n) is 2.46. The van der Waals surface area contributed by atoms with Crippen molar-refractivity contribution in [2.45, 2.75) is 13.5 Å². The van der Waals surface area contributed by atoms with E-state index >= 15 is 0 Å². The largest absolute Gasteiger partial charge is 0.504 e. The number of phenols is 1. The van der Waals surface area contributed by atoms with E-state index in [0.717, 1.165) is 11.4 Å². The molecular formula is C14H16N2O2. The second-order valence-electron chi connectivity index (χ2n) is 3.80. The molecule has 0 radical (unpaired) electrons. The summed E-state index contributed by atoms with van der Waals surface area (Å²) in [6, 6.07) is 11.0. The molecule has 0 saturated carbocycles. The topological polar surface area (TPSA) is 54.4 Å². The maximum atomic E-state index is 9.59. The maximum Gasteiger partial charge on any atom is 0.161 e. The second kappa shape index (κ2) is 5.91. The smallest absolute Gasteiger partial charge is 0.161 e. The highest BCUT2D eigenvalue weighted by Crippen LogP contribution is 2.26. The molecule has 0 saturated heterocycles. The fourth-order valence-electron chi connectivity index (χ4n) is 1.60. The SMILES string of the molecule is CCOc1cc(CNc2ccccn2)ccc1O. The molecule has 0 atom stereocenters. The third kappa shape index (κ3) is 3.13. The molecule has 0 aliphatic rings. The summed E-state index contributed by atoms with van der Waals surface area (Å²) in [6.07, 6.45) is 1.74. The molecule has 0 spiro atoms. The van der Waals surface area contributed by atoms with Crippen molar-refractivity contribution < 1.29 is 9.84 Å². The number of benzene rings is 1. The molecule has 2 N–H and O–H groups in total. The van der Waals surface area contributed by atoms with Crippen molar-refractivity contribution in [3.8, 4) is 11.5 Å². The Kier molecular flexibility index (Phi) is 4.02. The average molecular weight is 244 g/mol. The van der Waals surface area contributed by atoms with E-state index in [2.05, 4.69) is 10.3 Å². The molecule has 4 nitrogen and oxygen atoms in total. The minimum atomic E-state index is 0.165. The lowest BCUT2D eigenvalue weighted by molar-refractivity contribution is 0.318. The lowest BCUT2D eigenvalue weighted by Gasteiger charge is -2.09. The van der Waals surface area contributed by atoms with Crippen molar-refractivity contribution in [1.29, 1.82) is 0 Å². The van der Waals surface area contributed by atoms with Gasteiger partial charge in [-0.25, -0.2) is 4.98 Å². The van der Waals surface area contributed by atoms with E-state index in [-0.39, 0.29) is 5.75 Å². The number of ether oxygens (including phenoxy) is 1. The van der Waals surface area contributed by atoms with Crippen molar-refractivity contribution in [3.63, 3.8) is 0 Å². The average Bonchev–Trinajstić information content (AvgIpc) is 2.41. The first kappa shape index (κ1) is 12.2. The Labute approximate surface area is 106 Å². The first-order valence-corrected chi connectivity index (χ1v) is 5.89. The van der Waals surface area contributed by atoms with Gasteiger partial charge < -0.3 is 15.2 Å². The number of hydrogen-bond acceptors (Lipinski definition) is 4. The number of pyridine rings is 1. The molecule has 0 fully saturated rings. The van der Waals surface area contributed by atoms with Crippen LogP contribution < -0.4 is 10.1 Å². The van der Waals surface area contributed by atoms with Gasteiger partial charge in [-0.2, -0.15) is 0 Å². The van der Waals surface area contributed by atoms with Crippen molar-refractivity contribution in [2.75, 3.05) is 11.9 Å². The number of aromatic nitrogens is 1. The van der Waals surface area contributed by atoms with Gasteiger partial charge >= 0.3 is 0 Å². The first-order valence-electron chi connectivity index (χ1n) is 5.89. The number of nitrogens with one attached hydrogen (secondary N) is 1. The van der Waals surface area contributed by atoms with Crippen LogP contribution in [0.3, 0.4) is 0 Å². The van der Waals surface area contributed by atoms with E-state index in [1.807, 2.05) is 37.3 Å². The van der Waals surface area contributed by atoms with Crippen LogP contribution in [0.2, 0.25) is 0 Å². The van der Waals surface area contributed by atoms with Crippen molar-refractivity contribution >= 4 is 5.82 Å². The highest BCUT2D eigenvalue weighted by molar-refractivity contribution is 5.43. The van der Waals surface area contributed by atoms with Crippen molar-refractivity contribution in [3.05, 3.63) is 48.2 Å². The quantitative estimate of drug-likeness (QED) is 0.849. The van der Waals surface area contributed by atoms with E-state index < -0.39 is 0 Å². The molecule has 1 heterocycles. The molecule has 0 bridgehead atoms. The van der Waals surface area contributed by atoms with E-state index in [0.29, 0.717) is 18.9 Å². The van der Waals surface area contributed by atoms with Gasteiger partial charge in [0.1, 0.15) is 5.82 Å². The van der Waals surface area contributed by atoms with Gasteiger partial charge in [0.05, 0.1) is 6.61 Å². The number of nitrogens with zero attached hydrogens (tertiary/aromatic N) is 1. The third-order valence-corrected chi connectivity index (χ3v) is 2.46. The number of rotatable bonds is 5. The van der Waals surface area contributed by atoms with Crippen molar-refractivity contribution in [2.24, 2.45) is 0 Å². The minimum Gasteiger partial charge on any atom is -0.504 e. The van der Waals surface area contributed by atoms with E-state index in [1.54, 1.807) is 12.3 Å². The number of hydrogen-bond donors (Lipinski definition) is 2. The Morgan fingerprint density at radius 1 is 1.28 bits per heavy atom. The van der Waals surface area contributed by atoms with Crippen LogP contribution in [0.25, 0.3) is 0 Å². The normalized spacial score (nSPS) is 10.1. The van der Waals surface area contributed by atoms with Crippen LogP contribution in [0.15, 0.2) is 42.6 Å². The predicted octanol–water partition coefficient (Wildman–Crippen LogP) is 2.80. The molecule has 0 aliphatic carbocycles. The summed E-state index contributed by atoms with van der Waals surface area (Å²) in [5.74, 6) is 1.50. The van der Waals surface area contributed by atoms with Gasteiger partial charge in [-0.05, 0) is 36.8 Å². The Hall–Kier alpha value is -2.23. The van der Waals surface area contributed by atoms with Crippen molar-refractivity contribution in [1.82, 2.24) is 4.98 Å². The van der Waals surface area contributed by atoms with E-state index in [9.17, 15) is 5.11 Å². The molecule has 2 aromatic rings. The van der Waals surface area contributed by atoms with Gasteiger partial charge in [-0.15, -0.1) is 0 Å². The summed E-state index contributed by atoms with van der Waals surface area (Å²) >= 11 is 0. The van der Waals surface area contributed by atoms with Gasteiger partial charge in [0.25, 0.3) is 0 Å². The molecule has 1 aromatic carbocycles. The second-order valence-corrected chi connectivity index (χ2v) is 3.80. The molecule has 0 amide bonds. The summed E-state index contributed by atoms with van der Waals surface area (Å²) in [6.45, 7) is 3.06. The zero-order chi connectivity index (χ0) is 12.8. The molecule has 4 heteroatoms. The summed E-state index contributed by atoms with van der Waals surface area (Å²) in [5.41, 5.74) is 1.03. The molecule has 0 unspecified atom stereocenters. The first-order chi connectivity index (χ1) is 8.79. The van der Waals surface area contributed by atoms with Gasteiger partial charge in [-0.1, -0.05) is 12.1 Å². The number of phenolic OH excluding ortho intramolecular Hbond substituents is 1. The lowest BCUT2D eigenvalue weighted by Crippen LogP contribution is -2.01. The monoisotopic (exact) mass is 244 g/mol. The van der Waals surface area contributed by atoms with Gasteiger partial charge in [0.2, 0.25) is 0 Å². The number of anilines is 1. The fraction of sp³-hybridized carbons (Fsp3) is 0.214. The Morgan fingerprint density at radius 2 is 2.17 bits per heavy atom. The van der Waals surface area contributed by atoms with Crippen LogP contribution >= 0.6 is 0 Å². The van der Waals surface area contributed by atoms with Gasteiger partial charge in [0.15, 0.2) is 11.5 Å². The number of aromatic hydroxyl groups is 1. The Morgan fingerprint density at radius 3 is 2.89 bits per heavy atom. The fourth-order valence-corrected chi connectivity index (χ4v) is 1.60. The molecule has 2 rings (SSSR count). The minimum absolute atomic E-state index is 0.165. The van der Waals surface area contributed by atoms with Crippen LogP contribution in [0.1, 0.15) is 12.5 Å². The Balaban J connectivity index is 2.03. The van der Waals surface area contributed by atoms with Gasteiger partial charge in [-0.3, -0.25) is 0 Å². The summed E-state index contributed by atoms with van der Waals surface area (Å²) in [7, 11) is 0. The molecule has 94 valence electrons. The summed E-state index contributed by atoms with van der Waals surface area (Å²) in [4.78, 5) is 4.18. The zero-order valence-corrected chi connectivity index (χ0v) is 10.3. The Bertz CT molecular complexity index is 500. The molecular weight excluding hydrogens is 228 g/mol. The van der Waals surface area contributed by atoms with Crippen LogP contribution in [0.4, 0.5) is 5.82 Å². The lowest BCUT2D eigenvalue weighted by atomic mass is 10.2. The van der Waals surface area contributed by atoms with Crippen LogP contribution in [-0.2, 0) is 6.54 Å². The van der Waals surface area contributed by atoms with Crippen LogP contribution in [-0.4, -0.2) is 16.7 Å². The maximum absolute atomic E-state index is 9.59.